The third-order valence-corrected chi connectivity index (χ3v) is 12.5. The van der Waals surface area contributed by atoms with Gasteiger partial charge in [-0.2, -0.15) is 0 Å². The first kappa shape index (κ1) is 53.3. The van der Waals surface area contributed by atoms with Gasteiger partial charge in [0.25, 0.3) is 0 Å². The van der Waals surface area contributed by atoms with Crippen LogP contribution in [0.25, 0.3) is 12.2 Å². The Kier molecular flexibility index (Phi) is 21.7. The van der Waals surface area contributed by atoms with Gasteiger partial charge in [-0.15, -0.1) is 22.2 Å². The maximum absolute atomic E-state index is 6.49. The predicted molar refractivity (Wildman–Crippen MR) is 291 cm³/mol. The second-order valence-corrected chi connectivity index (χ2v) is 39.5. The first-order valence-corrected chi connectivity index (χ1v) is 37.4. The second kappa shape index (κ2) is 26.1. The van der Waals surface area contributed by atoms with E-state index in [0.717, 1.165) is 81.7 Å². The van der Waals surface area contributed by atoms with Crippen molar-refractivity contribution in [2.24, 2.45) is 0 Å². The SMILES string of the molecule is CCCCCCOc1cc(C#Cc2ccc(C=C(C#C[Si](C)(C)C)C#C[Si](C)(C)C)cc2)c(OCCCCCC)cc1C#Cc1ccc(C=C(C#C[Si](C)(C)C)C#C[Si](C)(C)C)cc1. The van der Waals surface area contributed by atoms with Crippen LogP contribution in [-0.2, 0) is 0 Å². The number of benzene rings is 3. The highest BCUT2D eigenvalue weighted by atomic mass is 28.3. The molecule has 0 radical (unpaired) electrons. The van der Waals surface area contributed by atoms with Gasteiger partial charge in [0.2, 0.25) is 0 Å². The number of allylic oxidation sites excluding steroid dienone is 2. The van der Waals surface area contributed by atoms with Gasteiger partial charge in [-0.1, -0.05) is 203 Å². The normalized spacial score (nSPS) is 10.8. The zero-order valence-electron chi connectivity index (χ0n) is 41.8. The highest BCUT2D eigenvalue weighted by Gasteiger charge is 2.13. The molecule has 0 saturated heterocycles. The van der Waals surface area contributed by atoms with E-state index < -0.39 is 32.3 Å². The van der Waals surface area contributed by atoms with Gasteiger partial charge in [-0.3, -0.25) is 0 Å². The van der Waals surface area contributed by atoms with Gasteiger partial charge in [-0.05, 0) is 60.4 Å². The van der Waals surface area contributed by atoms with Gasteiger partial charge >= 0.3 is 0 Å². The largest absolute Gasteiger partial charge is 0.492 e. The fourth-order valence-electron chi connectivity index (χ4n) is 5.58. The first-order valence-electron chi connectivity index (χ1n) is 23.4. The van der Waals surface area contributed by atoms with Crippen molar-refractivity contribution in [1.82, 2.24) is 0 Å². The van der Waals surface area contributed by atoms with Crippen LogP contribution in [0.5, 0.6) is 11.5 Å². The highest BCUT2D eigenvalue weighted by molar-refractivity contribution is 6.85. The lowest BCUT2D eigenvalue weighted by Crippen LogP contribution is -2.17. The fraction of sp³-hybridized carbons (Fsp3) is 0.414. The summed E-state index contributed by atoms with van der Waals surface area (Å²) in [5.41, 5.74) is 21.3. The van der Waals surface area contributed by atoms with Crippen molar-refractivity contribution >= 4 is 44.4 Å². The maximum atomic E-state index is 6.49. The molecule has 0 aliphatic heterocycles. The van der Waals surface area contributed by atoms with Crippen LogP contribution in [0, 0.1) is 69.5 Å². The molecule has 0 amide bonds. The summed E-state index contributed by atoms with van der Waals surface area (Å²) in [4.78, 5) is 0. The molecule has 0 fully saturated rings. The Morgan fingerprint density at radius 2 is 0.734 bits per heavy atom. The molecule has 3 aromatic carbocycles. The minimum atomic E-state index is -1.56. The number of ether oxygens (including phenoxy) is 2. The van der Waals surface area contributed by atoms with Crippen LogP contribution in [0.1, 0.15) is 98.6 Å². The van der Waals surface area contributed by atoms with Gasteiger partial charge in [-0.25, -0.2) is 0 Å². The van der Waals surface area contributed by atoms with Crippen LogP contribution in [0.2, 0.25) is 78.6 Å². The Hall–Kier alpha value is -5.03. The van der Waals surface area contributed by atoms with Crippen LogP contribution in [0.3, 0.4) is 0 Å². The summed E-state index contributed by atoms with van der Waals surface area (Å²) in [5.74, 6) is 28.8. The van der Waals surface area contributed by atoms with Crippen LogP contribution >= 0.6 is 0 Å². The molecule has 0 saturated carbocycles. The smallest absolute Gasteiger partial charge is 0.136 e. The van der Waals surface area contributed by atoms with E-state index in [9.17, 15) is 0 Å². The molecule has 0 aliphatic rings. The Bertz CT molecular complexity index is 2210. The summed E-state index contributed by atoms with van der Waals surface area (Å²) in [6.45, 7) is 32.8. The molecule has 3 rings (SSSR count). The summed E-state index contributed by atoms with van der Waals surface area (Å²) in [7, 11) is -6.22. The summed E-state index contributed by atoms with van der Waals surface area (Å²) in [5, 5.41) is 0. The quantitative estimate of drug-likeness (QED) is 0.0911. The van der Waals surface area contributed by atoms with Gasteiger partial charge in [0.1, 0.15) is 43.8 Å². The number of rotatable bonds is 14. The molecular weight excluding hydrogens is 841 g/mol. The molecule has 6 heteroatoms. The highest BCUT2D eigenvalue weighted by Crippen LogP contribution is 2.29. The fourth-order valence-corrected chi connectivity index (χ4v) is 7.62. The summed E-state index contributed by atoms with van der Waals surface area (Å²) in [6.07, 6.45) is 13.1. The number of unbranched alkanes of at least 4 members (excludes halogenated alkanes) is 6. The van der Waals surface area contributed by atoms with Crippen LogP contribution in [-0.4, -0.2) is 45.5 Å². The Morgan fingerprint density at radius 3 is 1.02 bits per heavy atom. The molecule has 64 heavy (non-hydrogen) atoms. The average Bonchev–Trinajstić information content (AvgIpc) is 3.21. The summed E-state index contributed by atoms with van der Waals surface area (Å²) < 4.78 is 13.0. The van der Waals surface area contributed by atoms with E-state index in [1.807, 2.05) is 12.1 Å². The molecule has 0 aliphatic carbocycles. The minimum Gasteiger partial charge on any atom is -0.492 e. The molecular formula is C58H74O2Si4. The molecule has 0 spiro atoms. The molecule has 0 atom stereocenters. The summed E-state index contributed by atoms with van der Waals surface area (Å²) in [6, 6.07) is 20.7. The molecule has 2 nitrogen and oxygen atoms in total. The molecule has 0 aromatic heterocycles. The zero-order valence-corrected chi connectivity index (χ0v) is 45.8. The van der Waals surface area contributed by atoms with Crippen LogP contribution in [0.4, 0.5) is 0 Å². The second-order valence-electron chi connectivity index (χ2n) is 20.5. The van der Waals surface area contributed by atoms with Crippen molar-refractivity contribution in [3.8, 4) is 81.0 Å². The van der Waals surface area contributed by atoms with Crippen molar-refractivity contribution in [2.75, 3.05) is 13.2 Å². The van der Waals surface area contributed by atoms with E-state index in [4.69, 9.17) is 9.47 Å². The first-order chi connectivity index (χ1) is 30.1. The van der Waals surface area contributed by atoms with Crippen molar-refractivity contribution in [2.45, 2.75) is 144 Å². The van der Waals surface area contributed by atoms with Gasteiger partial charge in [0.05, 0.1) is 35.5 Å². The van der Waals surface area contributed by atoms with E-state index in [1.165, 1.54) is 25.7 Å². The number of hydrogen-bond donors (Lipinski definition) is 0. The maximum Gasteiger partial charge on any atom is 0.136 e. The third kappa shape index (κ3) is 23.6. The standard InChI is InChI=1S/C58H74O2Si4/c1-15-17-19-21-39-59-57-47-56(34-32-50-25-29-52(30-26-50)46-54(37-43-63(9,10)11)38-44-64(12,13)14)58(60-40-22-20-18-16-2)48-55(57)33-31-49-23-27-51(28-24-49)45-53(35-41-61(3,4)5)36-42-62(6,7)8/h23-30,45-48H,15-22,39-40H2,1-14H3. The molecule has 0 bridgehead atoms. The van der Waals surface area contributed by atoms with E-state index in [1.54, 1.807) is 0 Å². The van der Waals surface area contributed by atoms with E-state index >= 15 is 0 Å². The Morgan fingerprint density at radius 1 is 0.422 bits per heavy atom. The lowest BCUT2D eigenvalue weighted by molar-refractivity contribution is 0.295. The lowest BCUT2D eigenvalue weighted by atomic mass is 10.1. The van der Waals surface area contributed by atoms with E-state index in [0.29, 0.717) is 13.2 Å². The van der Waals surface area contributed by atoms with Gasteiger partial charge in [0, 0.05) is 23.3 Å². The molecule has 0 unspecified atom stereocenters. The monoisotopic (exact) mass is 914 g/mol. The van der Waals surface area contributed by atoms with Crippen LogP contribution < -0.4 is 9.47 Å². The zero-order chi connectivity index (χ0) is 47.2. The van der Waals surface area contributed by atoms with Crippen molar-refractivity contribution in [1.29, 1.82) is 0 Å². The Labute approximate surface area is 395 Å². The molecule has 0 N–H and O–H groups in total. The molecule has 3 aromatic rings. The van der Waals surface area contributed by atoms with E-state index in [2.05, 4.69) is 223 Å². The van der Waals surface area contributed by atoms with E-state index in [-0.39, 0.29) is 0 Å². The van der Waals surface area contributed by atoms with Gasteiger partial charge in [0.15, 0.2) is 0 Å². The van der Waals surface area contributed by atoms with Crippen molar-refractivity contribution in [3.05, 3.63) is 105 Å². The number of hydrogen-bond acceptors (Lipinski definition) is 2. The summed E-state index contributed by atoms with van der Waals surface area (Å²) >= 11 is 0. The van der Waals surface area contributed by atoms with Crippen molar-refractivity contribution in [3.63, 3.8) is 0 Å². The molecule has 0 heterocycles. The third-order valence-electron chi connectivity index (χ3n) is 9.01. The Balaban J connectivity index is 2.07. The topological polar surface area (TPSA) is 18.5 Å². The predicted octanol–water partition coefficient (Wildman–Crippen LogP) is 14.7. The molecule has 334 valence electrons. The average molecular weight is 916 g/mol. The van der Waals surface area contributed by atoms with Crippen molar-refractivity contribution < 1.29 is 9.47 Å². The van der Waals surface area contributed by atoms with Gasteiger partial charge < -0.3 is 9.47 Å². The van der Waals surface area contributed by atoms with Crippen LogP contribution in [0.15, 0.2) is 71.8 Å². The lowest BCUT2D eigenvalue weighted by Gasteiger charge is -2.14. The minimum absolute atomic E-state index is 0.616.